The van der Waals surface area contributed by atoms with Crippen molar-refractivity contribution in [3.63, 3.8) is 0 Å². The molecule has 0 radical (unpaired) electrons. The first-order chi connectivity index (χ1) is 13.0. The molecule has 1 aliphatic heterocycles. The molecule has 0 aromatic carbocycles. The molecule has 1 amide bonds. The molecule has 0 aliphatic carbocycles. The number of hydrogen-bond donors (Lipinski definition) is 1. The number of anilines is 2. The van der Waals surface area contributed by atoms with Gasteiger partial charge in [0, 0.05) is 45.7 Å². The summed E-state index contributed by atoms with van der Waals surface area (Å²) in [4.78, 5) is 29.0. The molecule has 2 aromatic heterocycles. The van der Waals surface area contributed by atoms with Gasteiger partial charge in [-0.05, 0) is 24.6 Å². The molecule has 3 heterocycles. The van der Waals surface area contributed by atoms with E-state index in [0.29, 0.717) is 24.7 Å². The fourth-order valence-corrected chi connectivity index (χ4v) is 3.20. The van der Waals surface area contributed by atoms with Crippen molar-refractivity contribution >= 4 is 17.7 Å². The lowest BCUT2D eigenvalue weighted by Crippen LogP contribution is -2.41. The van der Waals surface area contributed by atoms with Crippen molar-refractivity contribution in [2.75, 3.05) is 37.0 Å². The van der Waals surface area contributed by atoms with Crippen LogP contribution in [-0.4, -0.2) is 60.3 Å². The number of aromatic nitrogens is 3. The Labute approximate surface area is 158 Å². The first-order valence-electron chi connectivity index (χ1n) is 9.04. The van der Waals surface area contributed by atoms with E-state index < -0.39 is 6.17 Å². The second kappa shape index (κ2) is 8.28. The molecule has 1 fully saturated rings. The molecule has 0 spiro atoms. The number of halogens is 1. The van der Waals surface area contributed by atoms with E-state index >= 15 is 0 Å². The summed E-state index contributed by atoms with van der Waals surface area (Å²) in [5.74, 6) is 0.840. The zero-order valence-corrected chi connectivity index (χ0v) is 15.8. The van der Waals surface area contributed by atoms with Gasteiger partial charge in [0.05, 0.1) is 18.5 Å². The molecular formula is C19H25FN6O. The summed E-state index contributed by atoms with van der Waals surface area (Å²) in [6, 6.07) is 5.32. The summed E-state index contributed by atoms with van der Waals surface area (Å²) in [5.41, 5.74) is 0.855. The molecule has 1 saturated heterocycles. The normalized spacial score (nSPS) is 20.4. The van der Waals surface area contributed by atoms with Crippen LogP contribution in [0.5, 0.6) is 0 Å². The quantitative estimate of drug-likeness (QED) is 0.833. The second-order valence-electron chi connectivity index (χ2n) is 7.00. The Morgan fingerprint density at radius 1 is 1.41 bits per heavy atom. The summed E-state index contributed by atoms with van der Waals surface area (Å²) in [7, 11) is 3.72. The average Bonchev–Trinajstić information content (AvgIpc) is 3.07. The maximum atomic E-state index is 14.1. The van der Waals surface area contributed by atoms with Gasteiger partial charge in [-0.3, -0.25) is 9.78 Å². The third-order valence-electron chi connectivity index (χ3n) is 4.78. The van der Waals surface area contributed by atoms with Gasteiger partial charge in [-0.15, -0.1) is 0 Å². The number of rotatable bonds is 6. The van der Waals surface area contributed by atoms with E-state index in [-0.39, 0.29) is 24.4 Å². The van der Waals surface area contributed by atoms with Crippen LogP contribution in [0.4, 0.5) is 16.2 Å². The van der Waals surface area contributed by atoms with Crippen molar-refractivity contribution in [3.8, 4) is 0 Å². The number of nitrogens with one attached hydrogen (secondary N) is 1. The number of carbonyl (C=O) groups is 1. The SMILES string of the molecule is CC(C(=O)NC[C@@H]1C[C@H](F)CN1c1ccnc(N(C)C)n1)c1cccnc1. The van der Waals surface area contributed by atoms with Crippen LogP contribution in [0.15, 0.2) is 36.8 Å². The lowest BCUT2D eigenvalue weighted by atomic mass is 10.0. The molecule has 8 heteroatoms. The minimum Gasteiger partial charge on any atom is -0.354 e. The summed E-state index contributed by atoms with van der Waals surface area (Å²) >= 11 is 0. The first kappa shape index (κ1) is 19.0. The van der Waals surface area contributed by atoms with Crippen LogP contribution in [0.3, 0.4) is 0 Å². The number of carbonyl (C=O) groups excluding carboxylic acids is 1. The largest absolute Gasteiger partial charge is 0.354 e. The van der Waals surface area contributed by atoms with Gasteiger partial charge in [0.2, 0.25) is 11.9 Å². The van der Waals surface area contributed by atoms with E-state index in [1.807, 2.05) is 38.1 Å². The van der Waals surface area contributed by atoms with Gasteiger partial charge in [-0.1, -0.05) is 6.07 Å². The maximum absolute atomic E-state index is 14.1. The monoisotopic (exact) mass is 372 g/mol. The van der Waals surface area contributed by atoms with Gasteiger partial charge in [0.15, 0.2) is 0 Å². The van der Waals surface area contributed by atoms with Crippen molar-refractivity contribution in [2.45, 2.75) is 31.5 Å². The van der Waals surface area contributed by atoms with Gasteiger partial charge >= 0.3 is 0 Å². The summed E-state index contributed by atoms with van der Waals surface area (Å²) < 4.78 is 14.1. The smallest absolute Gasteiger partial charge is 0.227 e. The fourth-order valence-electron chi connectivity index (χ4n) is 3.20. The van der Waals surface area contributed by atoms with Gasteiger partial charge in [-0.25, -0.2) is 9.37 Å². The first-order valence-corrected chi connectivity index (χ1v) is 9.04. The van der Waals surface area contributed by atoms with E-state index in [4.69, 9.17) is 0 Å². The van der Waals surface area contributed by atoms with Gasteiger partial charge in [-0.2, -0.15) is 4.98 Å². The Morgan fingerprint density at radius 3 is 2.93 bits per heavy atom. The summed E-state index contributed by atoms with van der Waals surface area (Å²) in [6.07, 6.45) is 4.45. The van der Waals surface area contributed by atoms with E-state index in [1.165, 1.54) is 0 Å². The molecule has 1 aliphatic rings. The summed E-state index contributed by atoms with van der Waals surface area (Å²) in [6.45, 7) is 2.47. The van der Waals surface area contributed by atoms with E-state index in [9.17, 15) is 9.18 Å². The van der Waals surface area contributed by atoms with Crippen LogP contribution in [0.2, 0.25) is 0 Å². The van der Waals surface area contributed by atoms with Gasteiger partial charge in [0.1, 0.15) is 12.0 Å². The molecular weight excluding hydrogens is 347 g/mol. The van der Waals surface area contributed by atoms with Crippen molar-refractivity contribution in [3.05, 3.63) is 42.4 Å². The topological polar surface area (TPSA) is 74.2 Å². The van der Waals surface area contributed by atoms with Crippen LogP contribution >= 0.6 is 0 Å². The number of hydrogen-bond acceptors (Lipinski definition) is 6. The molecule has 0 bridgehead atoms. The van der Waals surface area contributed by atoms with Crippen molar-refractivity contribution in [1.82, 2.24) is 20.3 Å². The van der Waals surface area contributed by atoms with Crippen LogP contribution in [0.1, 0.15) is 24.8 Å². The zero-order chi connectivity index (χ0) is 19.4. The zero-order valence-electron chi connectivity index (χ0n) is 15.8. The van der Waals surface area contributed by atoms with Crippen LogP contribution in [0.25, 0.3) is 0 Å². The molecule has 3 atom stereocenters. The number of pyridine rings is 1. The Balaban J connectivity index is 1.66. The summed E-state index contributed by atoms with van der Waals surface area (Å²) in [5, 5.41) is 2.95. The Bertz CT molecular complexity index is 772. The minimum absolute atomic E-state index is 0.0954. The average molecular weight is 372 g/mol. The van der Waals surface area contributed by atoms with Crippen LogP contribution in [-0.2, 0) is 4.79 Å². The van der Waals surface area contributed by atoms with Crippen LogP contribution < -0.4 is 15.1 Å². The molecule has 27 heavy (non-hydrogen) atoms. The standard InChI is InChI=1S/C19H25FN6O/c1-13(14-5-4-7-21-10-14)18(27)23-11-16-9-15(20)12-26(16)17-6-8-22-19(24-17)25(2)3/h4-8,10,13,15-16H,9,11-12H2,1-3H3,(H,23,27)/t13?,15-,16-/m0/s1. The van der Waals surface area contributed by atoms with E-state index in [1.54, 1.807) is 29.6 Å². The van der Waals surface area contributed by atoms with Gasteiger partial charge < -0.3 is 15.1 Å². The number of alkyl halides is 1. The highest BCUT2D eigenvalue weighted by molar-refractivity contribution is 5.83. The number of nitrogens with zero attached hydrogens (tertiary/aromatic N) is 5. The van der Waals surface area contributed by atoms with Crippen molar-refractivity contribution < 1.29 is 9.18 Å². The highest BCUT2D eigenvalue weighted by Crippen LogP contribution is 2.26. The van der Waals surface area contributed by atoms with Gasteiger partial charge in [0.25, 0.3) is 0 Å². The predicted octanol–water partition coefficient (Wildman–Crippen LogP) is 1.77. The maximum Gasteiger partial charge on any atom is 0.227 e. The van der Waals surface area contributed by atoms with Crippen LogP contribution in [0, 0.1) is 0 Å². The van der Waals surface area contributed by atoms with E-state index in [2.05, 4.69) is 20.3 Å². The number of amides is 1. The lowest BCUT2D eigenvalue weighted by Gasteiger charge is -2.26. The van der Waals surface area contributed by atoms with E-state index in [0.717, 1.165) is 5.56 Å². The Morgan fingerprint density at radius 2 is 2.22 bits per heavy atom. The van der Waals surface area contributed by atoms with Crippen molar-refractivity contribution in [2.24, 2.45) is 0 Å². The molecule has 1 unspecified atom stereocenters. The Kier molecular flexibility index (Phi) is 5.83. The highest BCUT2D eigenvalue weighted by atomic mass is 19.1. The molecule has 1 N–H and O–H groups in total. The lowest BCUT2D eigenvalue weighted by molar-refractivity contribution is -0.122. The fraction of sp³-hybridized carbons (Fsp3) is 0.474. The third-order valence-corrected chi connectivity index (χ3v) is 4.78. The Hall–Kier alpha value is -2.77. The molecule has 2 aromatic rings. The molecule has 7 nitrogen and oxygen atoms in total. The minimum atomic E-state index is -0.944. The van der Waals surface area contributed by atoms with Crippen molar-refractivity contribution in [1.29, 1.82) is 0 Å². The molecule has 144 valence electrons. The highest BCUT2D eigenvalue weighted by Gasteiger charge is 2.33. The predicted molar refractivity (Wildman–Crippen MR) is 103 cm³/mol. The molecule has 3 rings (SSSR count). The third kappa shape index (κ3) is 4.50. The molecule has 0 saturated carbocycles. The second-order valence-corrected chi connectivity index (χ2v) is 7.00.